The molecular formula is C46H42F6N8O2. The molecule has 0 saturated heterocycles. The van der Waals surface area contributed by atoms with E-state index in [1.54, 1.807) is 24.5 Å². The molecule has 0 unspecified atom stereocenters. The number of aliphatic imine (C=N–C) groups is 2. The highest BCUT2D eigenvalue weighted by atomic mass is 19.3. The summed E-state index contributed by atoms with van der Waals surface area (Å²) in [7, 11) is 0. The first-order valence-corrected chi connectivity index (χ1v) is 20.8. The Kier molecular flexibility index (Phi) is 10.6. The number of aromatic nitrogens is 2. The van der Waals surface area contributed by atoms with Gasteiger partial charge in [0.25, 0.3) is 24.9 Å². The van der Waals surface area contributed by atoms with E-state index in [4.69, 9.17) is 31.5 Å². The maximum absolute atomic E-state index is 14.9. The van der Waals surface area contributed by atoms with E-state index in [0.717, 1.165) is 72.2 Å². The summed E-state index contributed by atoms with van der Waals surface area (Å²) in [6, 6.07) is 16.1. The lowest BCUT2D eigenvalue weighted by molar-refractivity contribution is 0.0175. The van der Waals surface area contributed by atoms with Crippen LogP contribution in [0.1, 0.15) is 106 Å². The zero-order valence-corrected chi connectivity index (χ0v) is 33.4. The minimum Gasteiger partial charge on any atom is -0.462 e. The first kappa shape index (κ1) is 41.2. The molecule has 4 N–H and O–H groups in total. The van der Waals surface area contributed by atoms with E-state index in [0.29, 0.717) is 36.8 Å². The van der Waals surface area contributed by atoms with Gasteiger partial charge in [-0.05, 0) is 111 Å². The van der Waals surface area contributed by atoms with E-state index in [-0.39, 0.29) is 35.0 Å². The third-order valence-electron chi connectivity index (χ3n) is 13.3. The number of fused-ring (bicyclic) bond motifs is 4. The van der Waals surface area contributed by atoms with Crippen molar-refractivity contribution in [2.24, 2.45) is 33.3 Å². The smallest absolute Gasteiger partial charge is 0.283 e. The molecule has 0 spiro atoms. The van der Waals surface area contributed by atoms with Crippen molar-refractivity contribution in [1.82, 2.24) is 9.97 Å². The topological polar surface area (TPSA) is 169 Å². The van der Waals surface area contributed by atoms with Crippen LogP contribution in [0.3, 0.4) is 0 Å². The number of benzene rings is 2. The molecule has 2 aromatic carbocycles. The summed E-state index contributed by atoms with van der Waals surface area (Å²) in [5.41, 5.74) is 13.5. The molecule has 4 aliphatic carbocycles. The van der Waals surface area contributed by atoms with Crippen LogP contribution in [0.4, 0.5) is 26.3 Å². The van der Waals surface area contributed by atoms with Gasteiger partial charge in [-0.3, -0.25) is 9.97 Å². The van der Waals surface area contributed by atoms with Gasteiger partial charge < -0.3 is 20.9 Å². The maximum Gasteiger partial charge on any atom is 0.283 e. The molecular weight excluding hydrogens is 811 g/mol. The van der Waals surface area contributed by atoms with E-state index < -0.39 is 59.6 Å². The van der Waals surface area contributed by atoms with Gasteiger partial charge in [0.15, 0.2) is 11.1 Å². The molecule has 2 saturated carbocycles. The molecule has 10 nitrogen and oxygen atoms in total. The van der Waals surface area contributed by atoms with E-state index >= 15 is 0 Å². The highest BCUT2D eigenvalue weighted by Gasteiger charge is 2.65. The third-order valence-corrected chi connectivity index (χ3v) is 13.3. The molecule has 2 aliphatic heterocycles. The molecule has 16 heteroatoms. The van der Waals surface area contributed by atoms with Gasteiger partial charge in [0, 0.05) is 58.6 Å². The summed E-state index contributed by atoms with van der Waals surface area (Å²) in [5, 5.41) is 18.2. The second-order valence-electron chi connectivity index (χ2n) is 17.1. The van der Waals surface area contributed by atoms with Crippen molar-refractivity contribution in [2.75, 3.05) is 0 Å². The van der Waals surface area contributed by atoms with Crippen LogP contribution in [0, 0.1) is 46.1 Å². The first-order chi connectivity index (χ1) is 29.8. The standard InChI is InChI=1S/2C23H21F3N4O/c2*24-18-5-4-12(6-14-2-1-3-15-7-13(10-27)11-29-20(14)15)8-16(18)23(21(25)26)17-9-19(17)31-22(28)30-23/h2*4-5,7-8,11,14,17,19,21H,1-3,6,9H2,(H2,28,30)/t14-,17+,19-,23-;14-,17-,19+,23+/m10/s1. The molecule has 320 valence electrons. The Morgan fingerprint density at radius 2 is 1.08 bits per heavy atom. The monoisotopic (exact) mass is 852 g/mol. The average molecular weight is 853 g/mol. The van der Waals surface area contributed by atoms with Gasteiger partial charge in [-0.1, -0.05) is 24.3 Å². The first-order valence-electron chi connectivity index (χ1n) is 20.8. The van der Waals surface area contributed by atoms with Gasteiger partial charge in [0.2, 0.25) is 0 Å². The number of nitrogens with zero attached hydrogens (tertiary/aromatic N) is 6. The number of rotatable bonds is 8. The Labute approximate surface area is 353 Å². The van der Waals surface area contributed by atoms with Crippen molar-refractivity contribution in [1.29, 1.82) is 10.5 Å². The predicted molar refractivity (Wildman–Crippen MR) is 214 cm³/mol. The van der Waals surface area contributed by atoms with Crippen molar-refractivity contribution < 1.29 is 35.8 Å². The fourth-order valence-corrected chi connectivity index (χ4v) is 10.2. The summed E-state index contributed by atoms with van der Waals surface area (Å²) < 4.78 is 97.6. The van der Waals surface area contributed by atoms with Crippen LogP contribution in [0.2, 0.25) is 0 Å². The normalized spacial score (nSPS) is 28.7. The summed E-state index contributed by atoms with van der Waals surface area (Å²) in [4.78, 5) is 16.9. The highest BCUT2D eigenvalue weighted by Crippen LogP contribution is 2.57. The SMILES string of the molecule is N#Cc1cnc2c(c1)CCC[C@@H]2Cc1ccc(F)c([C@@]2(C(F)F)N=C(N)O[C@@H]3C[C@@H]32)c1.N#Cc1cnc2c(c1)CCC[C@H]2Cc1ccc(F)c([C@@]2(C(F)F)N=C(N)O[C@@H]3C[C@@H]32)c1. The molecule has 62 heavy (non-hydrogen) atoms. The number of nitriles is 2. The van der Waals surface area contributed by atoms with Crippen LogP contribution in [-0.2, 0) is 46.2 Å². The molecule has 0 bridgehead atoms. The minimum atomic E-state index is -2.91. The fraction of sp³-hybridized carbons (Fsp3) is 0.435. The Bertz CT molecular complexity index is 2400. The third kappa shape index (κ3) is 7.27. The largest absolute Gasteiger partial charge is 0.462 e. The number of pyridine rings is 2. The van der Waals surface area contributed by atoms with Crippen LogP contribution in [-0.4, -0.2) is 47.1 Å². The number of aryl methyl sites for hydroxylation is 2. The van der Waals surface area contributed by atoms with E-state index in [2.05, 4.69) is 32.1 Å². The minimum absolute atomic E-state index is 0.0780. The molecule has 4 aromatic rings. The molecule has 4 heterocycles. The predicted octanol–water partition coefficient (Wildman–Crippen LogP) is 7.90. The number of alkyl halides is 4. The number of hydrogen-bond acceptors (Lipinski definition) is 10. The Balaban J connectivity index is 0.000000158. The van der Waals surface area contributed by atoms with Crippen molar-refractivity contribution in [3.8, 4) is 12.1 Å². The van der Waals surface area contributed by atoms with E-state index in [9.17, 15) is 26.3 Å². The van der Waals surface area contributed by atoms with Crippen LogP contribution in [0.5, 0.6) is 0 Å². The van der Waals surface area contributed by atoms with Crippen LogP contribution < -0.4 is 11.5 Å². The number of ether oxygens (including phenoxy) is 2. The number of halogens is 6. The van der Waals surface area contributed by atoms with Gasteiger partial charge in [-0.2, -0.15) is 10.5 Å². The molecule has 0 radical (unpaired) electrons. The number of amidine groups is 2. The maximum atomic E-state index is 14.9. The van der Waals surface area contributed by atoms with Crippen molar-refractivity contribution in [3.05, 3.63) is 128 Å². The number of hydrogen-bond donors (Lipinski definition) is 2. The quantitative estimate of drug-likeness (QED) is 0.169. The molecule has 0 amide bonds. The van der Waals surface area contributed by atoms with E-state index in [1.807, 2.05) is 12.1 Å². The van der Waals surface area contributed by atoms with Crippen LogP contribution in [0.15, 0.2) is 70.9 Å². The molecule has 6 aliphatic rings. The molecule has 2 fully saturated rings. The fourth-order valence-electron chi connectivity index (χ4n) is 10.2. The lowest BCUT2D eigenvalue weighted by Crippen LogP contribution is -2.43. The molecule has 2 aromatic heterocycles. The molecule has 8 atom stereocenters. The lowest BCUT2D eigenvalue weighted by Gasteiger charge is -2.33. The second kappa shape index (κ2) is 15.9. The van der Waals surface area contributed by atoms with Gasteiger partial charge in [0.05, 0.1) is 11.1 Å². The number of nitrogens with two attached hydrogens (primary N) is 2. The summed E-state index contributed by atoms with van der Waals surface area (Å²) in [6.07, 6.45) is 3.65. The van der Waals surface area contributed by atoms with Gasteiger partial charge >= 0.3 is 0 Å². The Morgan fingerprint density at radius 3 is 1.47 bits per heavy atom. The van der Waals surface area contributed by atoms with Crippen LogP contribution >= 0.6 is 0 Å². The highest BCUT2D eigenvalue weighted by molar-refractivity contribution is 5.75. The molecule has 10 rings (SSSR count). The van der Waals surface area contributed by atoms with Crippen molar-refractivity contribution in [3.63, 3.8) is 0 Å². The second-order valence-corrected chi connectivity index (χ2v) is 17.1. The zero-order valence-electron chi connectivity index (χ0n) is 33.4. The van der Waals surface area contributed by atoms with Gasteiger partial charge in [-0.25, -0.2) is 36.3 Å². The summed E-state index contributed by atoms with van der Waals surface area (Å²) in [5.74, 6) is -2.46. The van der Waals surface area contributed by atoms with Crippen molar-refractivity contribution >= 4 is 12.0 Å². The van der Waals surface area contributed by atoms with Gasteiger partial charge in [-0.15, -0.1) is 0 Å². The average Bonchev–Trinajstić information content (AvgIpc) is 4.21. The summed E-state index contributed by atoms with van der Waals surface area (Å²) >= 11 is 0. The lowest BCUT2D eigenvalue weighted by atomic mass is 9.80. The van der Waals surface area contributed by atoms with Gasteiger partial charge in [0.1, 0.15) is 36.0 Å². The van der Waals surface area contributed by atoms with Crippen LogP contribution in [0.25, 0.3) is 0 Å². The zero-order chi connectivity index (χ0) is 43.5. The summed E-state index contributed by atoms with van der Waals surface area (Å²) in [6.45, 7) is 0. The van der Waals surface area contributed by atoms with E-state index in [1.165, 1.54) is 24.3 Å². The Hall–Kier alpha value is -6.16. The van der Waals surface area contributed by atoms with Crippen molar-refractivity contribution in [2.45, 2.75) is 112 Å². The Morgan fingerprint density at radius 1 is 0.661 bits per heavy atom.